The van der Waals surface area contributed by atoms with Crippen LogP contribution >= 0.6 is 11.3 Å². The zero-order valence-corrected chi connectivity index (χ0v) is 37.8. The molecule has 2 heterocycles. The maximum atomic E-state index is 6.49. The molecule has 312 valence electrons. The predicted octanol–water partition coefficient (Wildman–Crippen LogP) is 17.4. The monoisotopic (exact) mass is 853 g/mol. The van der Waals surface area contributed by atoms with Crippen LogP contribution in [0.2, 0.25) is 0 Å². The Bertz CT molecular complexity index is 3640. The van der Waals surface area contributed by atoms with E-state index in [1.807, 2.05) is 17.4 Å². The van der Waals surface area contributed by atoms with Crippen LogP contribution in [0.4, 0.5) is 17.1 Å². The van der Waals surface area contributed by atoms with Crippen molar-refractivity contribution in [3.8, 4) is 22.3 Å². The van der Waals surface area contributed by atoms with Gasteiger partial charge in [-0.15, -0.1) is 11.3 Å². The van der Waals surface area contributed by atoms with E-state index in [9.17, 15) is 0 Å². The quantitative estimate of drug-likeness (QED) is 0.166. The molecule has 0 radical (unpaired) electrons. The molecular weight excluding hydrogens is 807 g/mol. The van der Waals surface area contributed by atoms with Crippen LogP contribution in [0.1, 0.15) is 67.5 Å². The average Bonchev–Trinajstić information content (AvgIpc) is 4.03. The summed E-state index contributed by atoms with van der Waals surface area (Å²) in [6, 6.07) is 74.6. The van der Waals surface area contributed by atoms with Crippen molar-refractivity contribution in [1.29, 1.82) is 0 Å². The van der Waals surface area contributed by atoms with Gasteiger partial charge < -0.3 is 9.32 Å². The Morgan fingerprint density at radius 3 is 1.75 bits per heavy atom. The third-order valence-electron chi connectivity index (χ3n) is 14.7. The number of nitrogens with zero attached hydrogens (tertiary/aromatic N) is 1. The second kappa shape index (κ2) is 13.9. The van der Waals surface area contributed by atoms with Gasteiger partial charge in [-0.1, -0.05) is 161 Å². The number of fused-ring (bicyclic) bond motifs is 10. The molecule has 0 saturated heterocycles. The summed E-state index contributed by atoms with van der Waals surface area (Å²) in [6.07, 6.45) is 1.13. The van der Waals surface area contributed by atoms with Crippen LogP contribution in [-0.2, 0) is 16.2 Å². The van der Waals surface area contributed by atoms with Crippen LogP contribution < -0.4 is 4.90 Å². The van der Waals surface area contributed by atoms with Gasteiger partial charge in [-0.05, 0) is 134 Å². The Kier molecular flexibility index (Phi) is 8.18. The lowest BCUT2D eigenvalue weighted by Gasteiger charge is -2.36. The first-order valence-electron chi connectivity index (χ1n) is 22.9. The van der Waals surface area contributed by atoms with E-state index >= 15 is 0 Å². The molecule has 0 fully saturated rings. The molecule has 9 aromatic carbocycles. The summed E-state index contributed by atoms with van der Waals surface area (Å²) in [5.41, 5.74) is 18.0. The minimum atomic E-state index is -0.535. The molecule has 0 saturated carbocycles. The molecule has 0 spiro atoms. The third kappa shape index (κ3) is 5.58. The van der Waals surface area contributed by atoms with Crippen molar-refractivity contribution in [1.82, 2.24) is 0 Å². The number of para-hydroxylation sites is 1. The zero-order chi connectivity index (χ0) is 43.7. The summed E-state index contributed by atoms with van der Waals surface area (Å²) in [4.78, 5) is 2.39. The normalized spacial score (nSPS) is 15.4. The number of rotatable bonds is 6. The predicted molar refractivity (Wildman–Crippen MR) is 275 cm³/mol. The molecule has 0 unspecified atom stereocenters. The van der Waals surface area contributed by atoms with E-state index in [1.54, 1.807) is 0 Å². The maximum absolute atomic E-state index is 6.49. The molecule has 11 aromatic rings. The highest BCUT2D eigenvalue weighted by Gasteiger charge is 2.51. The smallest absolute Gasteiger partial charge is 0.137 e. The van der Waals surface area contributed by atoms with Gasteiger partial charge in [0.05, 0.1) is 5.41 Å². The maximum Gasteiger partial charge on any atom is 0.137 e. The Morgan fingerprint density at radius 2 is 1.00 bits per heavy atom. The van der Waals surface area contributed by atoms with Crippen LogP contribution in [-0.4, -0.2) is 0 Å². The fraction of sp³-hybridized carbons (Fsp3) is 0.129. The van der Waals surface area contributed by atoms with E-state index in [0.29, 0.717) is 0 Å². The summed E-state index contributed by atoms with van der Waals surface area (Å²) in [5, 5.41) is 4.81. The molecule has 0 amide bonds. The molecule has 2 nitrogen and oxygen atoms in total. The Labute approximate surface area is 384 Å². The second-order valence-electron chi connectivity index (χ2n) is 19.5. The lowest BCUT2D eigenvalue weighted by molar-refractivity contribution is 0.403. The van der Waals surface area contributed by atoms with Crippen molar-refractivity contribution in [2.75, 3.05) is 4.90 Å². The summed E-state index contributed by atoms with van der Waals surface area (Å²) in [5.74, 6) is 0. The van der Waals surface area contributed by atoms with Crippen molar-refractivity contribution in [3.63, 3.8) is 0 Å². The Hall–Kier alpha value is -7.20. The molecule has 0 N–H and O–H groups in total. The fourth-order valence-electron chi connectivity index (χ4n) is 12.2. The van der Waals surface area contributed by atoms with Crippen LogP contribution in [0.5, 0.6) is 0 Å². The van der Waals surface area contributed by atoms with Gasteiger partial charge in [-0.3, -0.25) is 0 Å². The molecule has 0 aliphatic heterocycles. The fourth-order valence-corrected chi connectivity index (χ4v) is 13.3. The summed E-state index contributed by atoms with van der Waals surface area (Å²) in [6.45, 7) is 9.74. The van der Waals surface area contributed by atoms with Gasteiger partial charge in [0, 0.05) is 54.1 Å². The molecule has 0 bridgehead atoms. The lowest BCUT2D eigenvalue weighted by atomic mass is 9.65. The highest BCUT2D eigenvalue weighted by molar-refractivity contribution is 7.25. The standard InChI is InChI=1S/C62H47NOS/c1-60(2)38-61(3,4)54-37-52-50(36-53(54)60)49-23-15-22-45(59(49)62(52,40-16-7-5-8-17-40)41-18-9-6-10-19-41)39-26-28-42(29-27-39)63(43-31-33-58-51(34-43)48-21-12-14-25-57(48)65-58)44-30-32-47-46-20-11-13-24-55(46)64-56(47)35-44/h5-37H,38H2,1-4H3. The molecule has 2 aliphatic rings. The van der Waals surface area contributed by atoms with Gasteiger partial charge in [-0.25, -0.2) is 0 Å². The Balaban J connectivity index is 1.02. The third-order valence-corrected chi connectivity index (χ3v) is 15.9. The van der Waals surface area contributed by atoms with Crippen LogP contribution in [0.25, 0.3) is 64.4 Å². The van der Waals surface area contributed by atoms with Crippen molar-refractivity contribution in [3.05, 3.63) is 234 Å². The largest absolute Gasteiger partial charge is 0.456 e. The highest BCUT2D eigenvalue weighted by Crippen LogP contribution is 2.62. The first-order valence-corrected chi connectivity index (χ1v) is 23.7. The van der Waals surface area contributed by atoms with E-state index in [1.165, 1.54) is 75.8 Å². The van der Waals surface area contributed by atoms with E-state index in [4.69, 9.17) is 4.42 Å². The van der Waals surface area contributed by atoms with Crippen molar-refractivity contribution in [2.45, 2.75) is 50.4 Å². The van der Waals surface area contributed by atoms with E-state index in [0.717, 1.165) is 45.4 Å². The number of thiophene rings is 1. The number of hydrogen-bond acceptors (Lipinski definition) is 3. The molecule has 65 heavy (non-hydrogen) atoms. The number of hydrogen-bond donors (Lipinski definition) is 0. The molecule has 13 rings (SSSR count). The Morgan fingerprint density at radius 1 is 0.415 bits per heavy atom. The minimum Gasteiger partial charge on any atom is -0.456 e. The zero-order valence-electron chi connectivity index (χ0n) is 37.0. The van der Waals surface area contributed by atoms with Crippen LogP contribution in [0.3, 0.4) is 0 Å². The highest BCUT2D eigenvalue weighted by atomic mass is 32.1. The number of benzene rings is 9. The van der Waals surface area contributed by atoms with Crippen LogP contribution in [0, 0.1) is 0 Å². The summed E-state index contributed by atoms with van der Waals surface area (Å²) >= 11 is 1.85. The van der Waals surface area contributed by atoms with Gasteiger partial charge >= 0.3 is 0 Å². The van der Waals surface area contributed by atoms with Gasteiger partial charge in [0.15, 0.2) is 0 Å². The minimum absolute atomic E-state index is 0.0578. The van der Waals surface area contributed by atoms with E-state index in [-0.39, 0.29) is 10.8 Å². The number of anilines is 3. The molecular formula is C62H47NOS. The summed E-state index contributed by atoms with van der Waals surface area (Å²) in [7, 11) is 0. The van der Waals surface area contributed by atoms with E-state index in [2.05, 4.69) is 227 Å². The van der Waals surface area contributed by atoms with Crippen molar-refractivity contribution in [2.24, 2.45) is 0 Å². The number of furan rings is 1. The lowest BCUT2D eigenvalue weighted by Crippen LogP contribution is -2.29. The van der Waals surface area contributed by atoms with Crippen molar-refractivity contribution >= 4 is 70.5 Å². The first-order chi connectivity index (χ1) is 31.7. The van der Waals surface area contributed by atoms with Gasteiger partial charge in [0.1, 0.15) is 11.2 Å². The average molecular weight is 854 g/mol. The van der Waals surface area contributed by atoms with E-state index < -0.39 is 5.41 Å². The molecule has 0 atom stereocenters. The van der Waals surface area contributed by atoms with Crippen LogP contribution in [0.15, 0.2) is 205 Å². The first kappa shape index (κ1) is 38.3. The van der Waals surface area contributed by atoms with Gasteiger partial charge in [0.2, 0.25) is 0 Å². The second-order valence-corrected chi connectivity index (χ2v) is 20.6. The van der Waals surface area contributed by atoms with Crippen molar-refractivity contribution < 1.29 is 4.42 Å². The SMILES string of the molecule is CC1(C)CC(C)(C)c2cc3c(cc21)-c1cccc(-c2ccc(N(c4ccc5c(c4)oc4ccccc45)c4ccc5sc6ccccc6c5c4)cc2)c1C3(c1ccccc1)c1ccccc1. The molecule has 3 heteroatoms. The topological polar surface area (TPSA) is 16.4 Å². The molecule has 2 aliphatic carbocycles. The summed E-state index contributed by atoms with van der Waals surface area (Å²) < 4.78 is 9.08. The molecule has 2 aromatic heterocycles. The van der Waals surface area contributed by atoms with Gasteiger partial charge in [-0.2, -0.15) is 0 Å². The van der Waals surface area contributed by atoms with Gasteiger partial charge in [0.25, 0.3) is 0 Å².